The smallest absolute Gasteiger partial charge is 1.00 e. The number of hydrogen-bond donors (Lipinski definition) is 0. The average Bonchev–Trinajstić information content (AvgIpc) is 3.73. The Kier molecular flexibility index (Phi) is 14.6. The molecule has 0 aromatic heterocycles. The summed E-state index contributed by atoms with van der Waals surface area (Å²) in [6.45, 7) is 6.72. The molecule has 0 atom stereocenters. The standard InChI is InChI=1S/C24H27.C22H23.2ClH.Zr/c1-17(2)22-15-21-9-6-10-23(24(21)16-22)20-13-11-19(12-14-20)18-7-4-3-5-8-18;1-16-14-20-8-5-9-21(22(20)15-16)19-12-10-18(11-13-19)17-6-3-2-4-7-17;;;/h6,9-18H,3-5,7-8H2,1-2H3;5,8-15,17H,2-4,6-7H2,1H3;2*1H;/q2*-1;;;+4/p-2. The molecular formula is C46H50Cl2Zr. The van der Waals surface area contributed by atoms with Gasteiger partial charge in [-0.3, -0.25) is 0 Å². The third kappa shape index (κ3) is 9.08. The summed E-state index contributed by atoms with van der Waals surface area (Å²) in [5, 5.41) is 5.50. The van der Waals surface area contributed by atoms with E-state index in [0.717, 1.165) is 11.8 Å². The summed E-state index contributed by atoms with van der Waals surface area (Å²) in [5.74, 6) is 2.16. The third-order valence-electron chi connectivity index (χ3n) is 10.9. The topological polar surface area (TPSA) is 0 Å². The number of halogens is 2. The van der Waals surface area contributed by atoms with E-state index in [1.807, 2.05) is 0 Å². The molecule has 2 saturated carbocycles. The minimum Gasteiger partial charge on any atom is -1.00 e. The Morgan fingerprint density at radius 1 is 0.531 bits per heavy atom. The number of hydrogen-bond acceptors (Lipinski definition) is 0. The Morgan fingerprint density at radius 3 is 1.41 bits per heavy atom. The van der Waals surface area contributed by atoms with E-state index < -0.39 is 0 Å². The van der Waals surface area contributed by atoms with E-state index >= 15 is 0 Å². The van der Waals surface area contributed by atoms with Crippen molar-refractivity contribution in [2.75, 3.05) is 0 Å². The predicted octanol–water partition coefficient (Wildman–Crippen LogP) is 7.98. The molecule has 0 nitrogen and oxygen atoms in total. The van der Waals surface area contributed by atoms with Gasteiger partial charge in [-0.2, -0.15) is 12.1 Å². The quantitative estimate of drug-likeness (QED) is 0.156. The van der Waals surface area contributed by atoms with Gasteiger partial charge in [-0.25, -0.2) is 0 Å². The normalized spacial score (nSPS) is 15.2. The van der Waals surface area contributed by atoms with Crippen molar-refractivity contribution in [2.45, 2.75) is 103 Å². The number of rotatable bonds is 5. The molecule has 49 heavy (non-hydrogen) atoms. The molecule has 0 unspecified atom stereocenters. The van der Waals surface area contributed by atoms with Gasteiger partial charge in [0.25, 0.3) is 0 Å². The van der Waals surface area contributed by atoms with E-state index in [1.54, 1.807) is 0 Å². The zero-order chi connectivity index (χ0) is 31.5. The van der Waals surface area contributed by atoms with Crippen molar-refractivity contribution < 1.29 is 51.0 Å². The minimum atomic E-state index is 0. The van der Waals surface area contributed by atoms with E-state index in [2.05, 4.69) is 130 Å². The third-order valence-corrected chi connectivity index (χ3v) is 10.9. The van der Waals surface area contributed by atoms with Crippen LogP contribution in [0.2, 0.25) is 0 Å². The second-order valence-electron chi connectivity index (χ2n) is 14.5. The van der Waals surface area contributed by atoms with Crippen LogP contribution in [-0.2, 0) is 26.2 Å². The number of aryl methyl sites for hydroxylation is 1. The maximum Gasteiger partial charge on any atom is 4.00 e. The van der Waals surface area contributed by atoms with Gasteiger partial charge in [0.05, 0.1) is 0 Å². The second-order valence-corrected chi connectivity index (χ2v) is 14.5. The fourth-order valence-corrected chi connectivity index (χ4v) is 8.22. The Labute approximate surface area is 326 Å². The van der Waals surface area contributed by atoms with Crippen LogP contribution in [0.3, 0.4) is 0 Å². The van der Waals surface area contributed by atoms with Crippen LogP contribution in [-0.4, -0.2) is 0 Å². The molecule has 0 spiro atoms. The van der Waals surface area contributed by atoms with Gasteiger partial charge in [0.15, 0.2) is 0 Å². The van der Waals surface area contributed by atoms with Crippen molar-refractivity contribution in [3.63, 3.8) is 0 Å². The summed E-state index contributed by atoms with van der Waals surface area (Å²) in [5.41, 5.74) is 11.3. The Morgan fingerprint density at radius 2 is 0.959 bits per heavy atom. The average molecular weight is 765 g/mol. The van der Waals surface area contributed by atoms with Crippen molar-refractivity contribution in [3.8, 4) is 22.3 Å². The first-order valence-electron chi connectivity index (χ1n) is 18.1. The maximum atomic E-state index is 2.38. The fraction of sp³-hybridized carbons (Fsp3) is 0.348. The summed E-state index contributed by atoms with van der Waals surface area (Å²) >= 11 is 0. The molecule has 0 bridgehead atoms. The first kappa shape index (κ1) is 39.4. The van der Waals surface area contributed by atoms with Gasteiger partial charge in [-0.15, -0.1) is 69.1 Å². The van der Waals surface area contributed by atoms with E-state index in [0.29, 0.717) is 5.92 Å². The van der Waals surface area contributed by atoms with Crippen LogP contribution in [0, 0.1) is 6.92 Å². The summed E-state index contributed by atoms with van der Waals surface area (Å²) in [7, 11) is 0. The largest absolute Gasteiger partial charge is 4.00 e. The van der Waals surface area contributed by atoms with Gasteiger partial charge in [-0.1, -0.05) is 131 Å². The molecule has 6 aromatic carbocycles. The molecule has 8 rings (SSSR count). The molecule has 2 fully saturated rings. The summed E-state index contributed by atoms with van der Waals surface area (Å²) < 4.78 is 0. The molecule has 0 aliphatic heterocycles. The predicted molar refractivity (Wildman–Crippen MR) is 200 cm³/mol. The van der Waals surface area contributed by atoms with E-state index in [4.69, 9.17) is 0 Å². The van der Waals surface area contributed by atoms with Crippen molar-refractivity contribution in [1.82, 2.24) is 0 Å². The van der Waals surface area contributed by atoms with Crippen LogP contribution in [0.4, 0.5) is 0 Å². The maximum absolute atomic E-state index is 2.38. The molecule has 0 heterocycles. The molecule has 0 N–H and O–H groups in total. The van der Waals surface area contributed by atoms with Crippen LogP contribution in [0.15, 0.2) is 109 Å². The molecule has 2 aliphatic rings. The Bertz CT molecular complexity index is 1880. The fourth-order valence-electron chi connectivity index (χ4n) is 8.22. The zero-order valence-electron chi connectivity index (χ0n) is 29.5. The Balaban J connectivity index is 0.000000209. The zero-order valence-corrected chi connectivity index (χ0v) is 33.4. The van der Waals surface area contributed by atoms with Gasteiger partial charge < -0.3 is 24.8 Å². The molecule has 0 radical (unpaired) electrons. The van der Waals surface area contributed by atoms with Crippen LogP contribution in [0.5, 0.6) is 0 Å². The van der Waals surface area contributed by atoms with Gasteiger partial charge in [0.2, 0.25) is 0 Å². The van der Waals surface area contributed by atoms with Crippen molar-refractivity contribution in [3.05, 3.63) is 131 Å². The molecule has 3 heteroatoms. The molecular weight excluding hydrogens is 715 g/mol. The summed E-state index contributed by atoms with van der Waals surface area (Å²) in [6.07, 6.45) is 13.9. The van der Waals surface area contributed by atoms with Crippen LogP contribution in [0.1, 0.15) is 118 Å². The van der Waals surface area contributed by atoms with Gasteiger partial charge in [-0.05, 0) is 65.7 Å². The van der Waals surface area contributed by atoms with Gasteiger partial charge in [0.1, 0.15) is 0 Å². The van der Waals surface area contributed by atoms with Gasteiger partial charge >= 0.3 is 26.2 Å². The molecule has 0 saturated heterocycles. The first-order valence-corrected chi connectivity index (χ1v) is 18.1. The van der Waals surface area contributed by atoms with Crippen molar-refractivity contribution in [1.29, 1.82) is 0 Å². The van der Waals surface area contributed by atoms with E-state index in [-0.39, 0.29) is 51.0 Å². The van der Waals surface area contributed by atoms with E-state index in [9.17, 15) is 0 Å². The molecule has 252 valence electrons. The monoisotopic (exact) mass is 762 g/mol. The molecule has 2 aliphatic carbocycles. The second kappa shape index (κ2) is 18.2. The van der Waals surface area contributed by atoms with Crippen molar-refractivity contribution in [2.24, 2.45) is 0 Å². The minimum absolute atomic E-state index is 0. The van der Waals surface area contributed by atoms with Crippen LogP contribution in [0.25, 0.3) is 43.8 Å². The number of benzene rings is 4. The van der Waals surface area contributed by atoms with Gasteiger partial charge in [0, 0.05) is 0 Å². The SMILES string of the molecule is CC(C)c1cc2c(-c3ccc(C4CCCCC4)cc3)cccc2[cH-]1.Cc1cc2c(-c3ccc(C4CCCCC4)cc3)cccc2[cH-]1.[Cl-].[Cl-].[Zr+4]. The molecule has 0 amide bonds. The number of fused-ring (bicyclic) bond motifs is 2. The van der Waals surface area contributed by atoms with Crippen LogP contribution >= 0.6 is 0 Å². The summed E-state index contributed by atoms with van der Waals surface area (Å²) in [4.78, 5) is 0. The Hall–Kier alpha value is -2.44. The van der Waals surface area contributed by atoms with E-state index in [1.165, 1.54) is 130 Å². The van der Waals surface area contributed by atoms with Crippen molar-refractivity contribution >= 4 is 21.5 Å². The summed E-state index contributed by atoms with van der Waals surface area (Å²) in [6, 6.07) is 41.4. The first-order chi connectivity index (χ1) is 22.5. The molecule has 6 aromatic rings. The van der Waals surface area contributed by atoms with Crippen LogP contribution < -0.4 is 24.8 Å².